The van der Waals surface area contributed by atoms with Gasteiger partial charge < -0.3 is 0 Å². The van der Waals surface area contributed by atoms with E-state index in [4.69, 9.17) is 0 Å². The quantitative estimate of drug-likeness (QED) is 0.0931. The van der Waals surface area contributed by atoms with E-state index >= 15 is 0 Å². The second kappa shape index (κ2) is 24.3. The van der Waals surface area contributed by atoms with Gasteiger partial charge in [0.2, 0.25) is 0 Å². The van der Waals surface area contributed by atoms with Crippen molar-refractivity contribution in [1.82, 2.24) is 0 Å². The molecule has 0 saturated heterocycles. The lowest BCUT2D eigenvalue weighted by Crippen LogP contribution is -2.14. The third-order valence-corrected chi connectivity index (χ3v) is 10.3. The zero-order valence-electron chi connectivity index (χ0n) is 20.9. The van der Waals surface area contributed by atoms with Gasteiger partial charge in [-0.15, -0.1) is 0 Å². The first kappa shape index (κ1) is 29.0. The monoisotopic (exact) mass is 418 g/mol. The predicted octanol–water partition coefficient (Wildman–Crippen LogP) is 10.5. The molecular formula is C28H55Al. The van der Waals surface area contributed by atoms with Crippen LogP contribution in [0.5, 0.6) is 0 Å². The Morgan fingerprint density at radius 2 is 0.862 bits per heavy atom. The van der Waals surface area contributed by atoms with Crippen molar-refractivity contribution in [1.29, 1.82) is 0 Å². The maximum atomic E-state index is 2.45. The second-order valence-electron chi connectivity index (χ2n) is 9.74. The molecule has 0 amide bonds. The maximum absolute atomic E-state index is 2.45. The Labute approximate surface area is 190 Å². The van der Waals surface area contributed by atoms with Gasteiger partial charge in [0.05, 0.1) is 0 Å². The Morgan fingerprint density at radius 1 is 0.517 bits per heavy atom. The molecule has 0 saturated carbocycles. The van der Waals surface area contributed by atoms with E-state index in [0.717, 1.165) is 5.92 Å². The van der Waals surface area contributed by atoms with Crippen molar-refractivity contribution < 1.29 is 0 Å². The molecule has 0 aliphatic heterocycles. The van der Waals surface area contributed by atoms with E-state index in [0.29, 0.717) is 0 Å². The summed E-state index contributed by atoms with van der Waals surface area (Å²) in [6.07, 6.45) is 32.1. The van der Waals surface area contributed by atoms with E-state index in [1.807, 2.05) is 0 Å². The zero-order valence-corrected chi connectivity index (χ0v) is 22.1. The molecule has 0 spiro atoms. The summed E-state index contributed by atoms with van der Waals surface area (Å²) in [4.78, 5) is 0. The highest BCUT2D eigenvalue weighted by molar-refractivity contribution is 6.58. The molecule has 0 aromatic rings. The summed E-state index contributed by atoms with van der Waals surface area (Å²) < 4.78 is 0. The number of rotatable bonds is 22. The SMILES string of the molecule is CC=CCCCCCCCC[CH2][Al]([CH2]CCCCCCCCC=CC)[CH2]C(C)C. The molecule has 0 aromatic heterocycles. The fraction of sp³-hybridized carbons (Fsp3) is 0.857. The molecule has 170 valence electrons. The van der Waals surface area contributed by atoms with Crippen molar-refractivity contribution in [3.05, 3.63) is 24.3 Å². The van der Waals surface area contributed by atoms with Gasteiger partial charge in [-0.25, -0.2) is 0 Å². The Morgan fingerprint density at radius 3 is 1.21 bits per heavy atom. The molecule has 1 heteroatoms. The van der Waals surface area contributed by atoms with Gasteiger partial charge in [0, 0.05) is 0 Å². The molecule has 0 N–H and O–H groups in total. The molecule has 0 aliphatic rings. The minimum Gasteiger partial charge on any atom is -0.0938 e. The summed E-state index contributed by atoms with van der Waals surface area (Å²) >= 11 is -0.463. The van der Waals surface area contributed by atoms with Gasteiger partial charge in [-0.05, 0) is 39.5 Å². The van der Waals surface area contributed by atoms with Crippen molar-refractivity contribution in [3.8, 4) is 0 Å². The zero-order chi connectivity index (χ0) is 21.4. The first-order valence-electron chi connectivity index (χ1n) is 13.4. The summed E-state index contributed by atoms with van der Waals surface area (Å²) in [5.74, 6) is 0.931. The summed E-state index contributed by atoms with van der Waals surface area (Å²) in [5, 5.41) is 4.85. The molecule has 0 fully saturated rings. The molecule has 29 heavy (non-hydrogen) atoms. The van der Waals surface area contributed by atoms with Gasteiger partial charge >= 0.3 is 0 Å². The van der Waals surface area contributed by atoms with Crippen molar-refractivity contribution >= 4 is 14.1 Å². The summed E-state index contributed by atoms with van der Waals surface area (Å²) in [5.41, 5.74) is 0. The minimum atomic E-state index is -0.463. The van der Waals surface area contributed by atoms with Crippen LogP contribution in [0.4, 0.5) is 0 Å². The smallest absolute Gasteiger partial charge is 0.0938 e. The molecule has 0 atom stereocenters. The summed E-state index contributed by atoms with van der Waals surface area (Å²) in [6.45, 7) is 9.15. The average Bonchev–Trinajstić information content (AvgIpc) is 2.70. The summed E-state index contributed by atoms with van der Waals surface area (Å²) in [6, 6.07) is 0. The lowest BCUT2D eigenvalue weighted by atomic mass is 10.1. The topological polar surface area (TPSA) is 0 Å². The fourth-order valence-corrected chi connectivity index (χ4v) is 8.36. The van der Waals surface area contributed by atoms with Crippen LogP contribution in [0.2, 0.25) is 15.8 Å². The van der Waals surface area contributed by atoms with Crippen molar-refractivity contribution in [2.24, 2.45) is 5.92 Å². The van der Waals surface area contributed by atoms with E-state index in [2.05, 4.69) is 52.0 Å². The van der Waals surface area contributed by atoms with Crippen LogP contribution in [0, 0.1) is 5.92 Å². The van der Waals surface area contributed by atoms with E-state index in [1.54, 1.807) is 15.8 Å². The van der Waals surface area contributed by atoms with Crippen molar-refractivity contribution in [2.75, 3.05) is 0 Å². The standard InChI is InChI=1S/2C12H23.C4H9.Al/c2*1-3-5-7-9-11-12-10-8-6-4-2;1-4(2)3;/h2*4,6H,1,3,5,7-12H2,2H3;4H,1H2,2-3H3;. The highest BCUT2D eigenvalue weighted by Crippen LogP contribution is 2.21. The van der Waals surface area contributed by atoms with E-state index < -0.39 is 14.1 Å². The van der Waals surface area contributed by atoms with Crippen LogP contribution in [-0.4, -0.2) is 14.1 Å². The molecule has 0 nitrogen and oxygen atoms in total. The van der Waals surface area contributed by atoms with Gasteiger partial charge in [0.25, 0.3) is 14.1 Å². The van der Waals surface area contributed by atoms with Crippen LogP contribution in [0.3, 0.4) is 0 Å². The number of allylic oxidation sites excluding steroid dienone is 4. The second-order valence-corrected chi connectivity index (χ2v) is 13.1. The van der Waals surface area contributed by atoms with Crippen LogP contribution in [0.15, 0.2) is 24.3 Å². The van der Waals surface area contributed by atoms with Crippen LogP contribution in [0.1, 0.15) is 130 Å². The van der Waals surface area contributed by atoms with Gasteiger partial charge in [0.1, 0.15) is 0 Å². The molecule has 0 aromatic carbocycles. The third kappa shape index (κ3) is 24.2. The van der Waals surface area contributed by atoms with Crippen LogP contribution >= 0.6 is 0 Å². The van der Waals surface area contributed by atoms with Crippen LogP contribution in [-0.2, 0) is 0 Å². The number of hydrogen-bond acceptors (Lipinski definition) is 0. The van der Waals surface area contributed by atoms with Crippen LogP contribution < -0.4 is 0 Å². The first-order chi connectivity index (χ1) is 14.2. The molecule has 0 unspecified atom stereocenters. The number of hydrogen-bond donors (Lipinski definition) is 0. The maximum Gasteiger partial charge on any atom is 0.262 e. The van der Waals surface area contributed by atoms with Crippen molar-refractivity contribution in [3.63, 3.8) is 0 Å². The average molecular weight is 419 g/mol. The fourth-order valence-electron chi connectivity index (χ4n) is 4.54. The molecular weight excluding hydrogens is 363 g/mol. The summed E-state index contributed by atoms with van der Waals surface area (Å²) in [7, 11) is 0. The molecule has 0 radical (unpaired) electrons. The van der Waals surface area contributed by atoms with Crippen molar-refractivity contribution in [2.45, 2.75) is 146 Å². The number of unbranched alkanes of at least 4 members (excludes halogenated alkanes) is 14. The molecule has 0 heterocycles. The Hall–Kier alpha value is 0.0125. The van der Waals surface area contributed by atoms with E-state index in [9.17, 15) is 0 Å². The van der Waals surface area contributed by atoms with E-state index in [1.165, 1.54) is 103 Å². The molecule has 0 bridgehead atoms. The Bertz CT molecular complexity index is 325. The normalized spacial score (nSPS) is 12.0. The first-order valence-corrected chi connectivity index (χ1v) is 15.9. The minimum absolute atomic E-state index is 0.463. The van der Waals surface area contributed by atoms with Crippen LogP contribution in [0.25, 0.3) is 0 Å². The highest BCUT2D eigenvalue weighted by atomic mass is 27.2. The van der Waals surface area contributed by atoms with Gasteiger partial charge in [-0.2, -0.15) is 0 Å². The predicted molar refractivity (Wildman–Crippen MR) is 139 cm³/mol. The van der Waals surface area contributed by atoms with Gasteiger partial charge in [-0.1, -0.05) is 137 Å². The molecule has 0 rings (SSSR count). The Kier molecular flexibility index (Phi) is 24.3. The van der Waals surface area contributed by atoms with Gasteiger partial charge in [0.15, 0.2) is 0 Å². The Balaban J connectivity index is 3.59. The lowest BCUT2D eigenvalue weighted by Gasteiger charge is -2.14. The largest absolute Gasteiger partial charge is 0.262 e. The van der Waals surface area contributed by atoms with E-state index in [-0.39, 0.29) is 0 Å². The van der Waals surface area contributed by atoms with Gasteiger partial charge in [-0.3, -0.25) is 0 Å². The molecule has 0 aliphatic carbocycles. The lowest BCUT2D eigenvalue weighted by molar-refractivity contribution is 0.585. The highest BCUT2D eigenvalue weighted by Gasteiger charge is 2.17. The third-order valence-electron chi connectivity index (χ3n) is 6.24.